The lowest BCUT2D eigenvalue weighted by atomic mass is 10.3. The molecule has 0 radical (unpaired) electrons. The Hall–Kier alpha value is -1.20. The molecule has 0 saturated carbocycles. The van der Waals surface area contributed by atoms with Crippen molar-refractivity contribution in [1.82, 2.24) is 20.1 Å². The highest BCUT2D eigenvalue weighted by molar-refractivity contribution is 7.13. The summed E-state index contributed by atoms with van der Waals surface area (Å²) in [6.45, 7) is 2.10. The molecule has 2 heterocycles. The molecule has 4 nitrogen and oxygen atoms in total. The predicted molar refractivity (Wildman–Crippen MR) is 61.8 cm³/mol. The Balaban J connectivity index is 2.27. The largest absolute Gasteiger partial charge is 0.312 e. The standard InChI is InChI=1S/C10H14N4S/c1-7(11-2)9-6-15-10(13-9)8-4-12-14(3)5-8/h4-7,11H,1-3H3. The third-order valence-corrected chi connectivity index (χ3v) is 3.26. The fourth-order valence-electron chi connectivity index (χ4n) is 1.30. The molecule has 80 valence electrons. The van der Waals surface area contributed by atoms with Gasteiger partial charge in [-0.3, -0.25) is 4.68 Å². The molecule has 0 aromatic carbocycles. The number of thiazole rings is 1. The summed E-state index contributed by atoms with van der Waals surface area (Å²) in [4.78, 5) is 4.57. The molecule has 2 rings (SSSR count). The first-order chi connectivity index (χ1) is 7.20. The van der Waals surface area contributed by atoms with Gasteiger partial charge in [-0.25, -0.2) is 4.98 Å². The molecule has 0 aliphatic carbocycles. The third-order valence-electron chi connectivity index (χ3n) is 2.35. The van der Waals surface area contributed by atoms with Gasteiger partial charge in [-0.15, -0.1) is 11.3 Å². The Kier molecular flexibility index (Phi) is 2.83. The Morgan fingerprint density at radius 2 is 2.33 bits per heavy atom. The van der Waals surface area contributed by atoms with E-state index in [1.807, 2.05) is 26.5 Å². The second-order valence-electron chi connectivity index (χ2n) is 3.49. The maximum absolute atomic E-state index is 4.57. The highest BCUT2D eigenvalue weighted by atomic mass is 32.1. The zero-order valence-corrected chi connectivity index (χ0v) is 9.88. The van der Waals surface area contributed by atoms with Crippen LogP contribution in [0.1, 0.15) is 18.7 Å². The van der Waals surface area contributed by atoms with Gasteiger partial charge < -0.3 is 5.32 Å². The van der Waals surface area contributed by atoms with E-state index in [0.717, 1.165) is 16.3 Å². The molecular formula is C10H14N4S. The van der Waals surface area contributed by atoms with Gasteiger partial charge in [0.25, 0.3) is 0 Å². The first kappa shape index (κ1) is 10.3. The van der Waals surface area contributed by atoms with Gasteiger partial charge in [-0.2, -0.15) is 5.10 Å². The molecule has 0 aliphatic rings. The van der Waals surface area contributed by atoms with E-state index in [0.29, 0.717) is 6.04 Å². The first-order valence-corrected chi connectivity index (χ1v) is 5.70. The van der Waals surface area contributed by atoms with Crippen molar-refractivity contribution in [1.29, 1.82) is 0 Å². The molecular weight excluding hydrogens is 208 g/mol. The van der Waals surface area contributed by atoms with Crippen LogP contribution in [-0.2, 0) is 7.05 Å². The summed E-state index contributed by atoms with van der Waals surface area (Å²) in [5.74, 6) is 0. The van der Waals surface area contributed by atoms with Crippen LogP contribution in [0.25, 0.3) is 10.6 Å². The van der Waals surface area contributed by atoms with Crippen LogP contribution >= 0.6 is 11.3 Å². The fraction of sp³-hybridized carbons (Fsp3) is 0.400. The van der Waals surface area contributed by atoms with Crippen molar-refractivity contribution in [3.05, 3.63) is 23.5 Å². The quantitative estimate of drug-likeness (QED) is 0.861. The number of aromatic nitrogens is 3. The molecule has 0 bridgehead atoms. The van der Waals surface area contributed by atoms with Crippen LogP contribution in [0.15, 0.2) is 17.8 Å². The molecule has 0 amide bonds. The molecule has 15 heavy (non-hydrogen) atoms. The topological polar surface area (TPSA) is 42.7 Å². The monoisotopic (exact) mass is 222 g/mol. The van der Waals surface area contributed by atoms with Gasteiger partial charge in [0.15, 0.2) is 0 Å². The zero-order valence-electron chi connectivity index (χ0n) is 9.06. The van der Waals surface area contributed by atoms with Crippen LogP contribution in [0.4, 0.5) is 0 Å². The molecule has 0 saturated heterocycles. The molecule has 2 aromatic heterocycles. The van der Waals surface area contributed by atoms with Gasteiger partial charge in [-0.05, 0) is 14.0 Å². The van der Waals surface area contributed by atoms with Crippen molar-refractivity contribution in [2.45, 2.75) is 13.0 Å². The number of hydrogen-bond acceptors (Lipinski definition) is 4. The van der Waals surface area contributed by atoms with Gasteiger partial charge in [0.1, 0.15) is 5.01 Å². The van der Waals surface area contributed by atoms with Crippen LogP contribution < -0.4 is 5.32 Å². The molecule has 0 fully saturated rings. The number of nitrogens with one attached hydrogen (secondary N) is 1. The van der Waals surface area contributed by atoms with Crippen molar-refractivity contribution in [2.75, 3.05) is 7.05 Å². The molecule has 1 unspecified atom stereocenters. The number of hydrogen-bond donors (Lipinski definition) is 1. The van der Waals surface area contributed by atoms with Crippen molar-refractivity contribution < 1.29 is 0 Å². The van der Waals surface area contributed by atoms with Crippen LogP contribution in [-0.4, -0.2) is 21.8 Å². The average Bonchev–Trinajstić information content (AvgIpc) is 2.84. The van der Waals surface area contributed by atoms with E-state index in [4.69, 9.17) is 0 Å². The Morgan fingerprint density at radius 3 is 2.93 bits per heavy atom. The summed E-state index contributed by atoms with van der Waals surface area (Å²) in [6, 6.07) is 0.298. The van der Waals surface area contributed by atoms with E-state index < -0.39 is 0 Å². The lowest BCUT2D eigenvalue weighted by molar-refractivity contribution is 0.637. The van der Waals surface area contributed by atoms with Crippen LogP contribution in [0, 0.1) is 0 Å². The fourth-order valence-corrected chi connectivity index (χ4v) is 2.19. The molecule has 2 aromatic rings. The van der Waals surface area contributed by atoms with Gasteiger partial charge in [-0.1, -0.05) is 0 Å². The smallest absolute Gasteiger partial charge is 0.126 e. The van der Waals surface area contributed by atoms with E-state index >= 15 is 0 Å². The van der Waals surface area contributed by atoms with Crippen LogP contribution in [0.5, 0.6) is 0 Å². The first-order valence-electron chi connectivity index (χ1n) is 4.82. The molecule has 5 heteroatoms. The minimum absolute atomic E-state index is 0.298. The summed E-state index contributed by atoms with van der Waals surface area (Å²) < 4.78 is 1.79. The normalized spacial score (nSPS) is 13.0. The SMILES string of the molecule is CNC(C)c1csc(-c2cnn(C)c2)n1. The minimum Gasteiger partial charge on any atom is -0.312 e. The summed E-state index contributed by atoms with van der Waals surface area (Å²) in [5.41, 5.74) is 2.17. The molecule has 1 atom stereocenters. The van der Waals surface area contributed by atoms with Gasteiger partial charge >= 0.3 is 0 Å². The third kappa shape index (κ3) is 2.08. The number of nitrogens with zero attached hydrogens (tertiary/aromatic N) is 3. The molecule has 0 aliphatic heterocycles. The van der Waals surface area contributed by atoms with Crippen molar-refractivity contribution in [3.63, 3.8) is 0 Å². The Labute approximate surface area is 93.0 Å². The predicted octanol–water partition coefficient (Wildman–Crippen LogP) is 1.82. The van der Waals surface area contributed by atoms with E-state index in [1.165, 1.54) is 0 Å². The summed E-state index contributed by atoms with van der Waals surface area (Å²) in [5, 5.41) is 10.4. The lowest BCUT2D eigenvalue weighted by Gasteiger charge is -2.04. The van der Waals surface area contributed by atoms with Crippen molar-refractivity contribution in [3.8, 4) is 10.6 Å². The highest BCUT2D eigenvalue weighted by Crippen LogP contribution is 2.25. The second-order valence-corrected chi connectivity index (χ2v) is 4.35. The van der Waals surface area contributed by atoms with Crippen molar-refractivity contribution >= 4 is 11.3 Å². The summed E-state index contributed by atoms with van der Waals surface area (Å²) in [6.07, 6.45) is 3.82. The molecule has 0 spiro atoms. The minimum atomic E-state index is 0.298. The summed E-state index contributed by atoms with van der Waals surface area (Å²) in [7, 11) is 3.85. The maximum Gasteiger partial charge on any atom is 0.126 e. The van der Waals surface area contributed by atoms with Crippen LogP contribution in [0.3, 0.4) is 0 Å². The van der Waals surface area contributed by atoms with E-state index in [9.17, 15) is 0 Å². The number of rotatable bonds is 3. The number of aryl methyl sites for hydroxylation is 1. The second kappa shape index (κ2) is 4.12. The van der Waals surface area contributed by atoms with E-state index in [-0.39, 0.29) is 0 Å². The van der Waals surface area contributed by atoms with E-state index in [2.05, 4.69) is 27.7 Å². The molecule has 1 N–H and O–H groups in total. The Morgan fingerprint density at radius 1 is 1.53 bits per heavy atom. The highest BCUT2D eigenvalue weighted by Gasteiger charge is 2.10. The van der Waals surface area contributed by atoms with Gasteiger partial charge in [0.2, 0.25) is 0 Å². The summed E-state index contributed by atoms with van der Waals surface area (Å²) >= 11 is 1.66. The van der Waals surface area contributed by atoms with Crippen LogP contribution in [0.2, 0.25) is 0 Å². The Bertz CT molecular complexity index is 446. The lowest BCUT2D eigenvalue weighted by Crippen LogP contribution is -2.12. The van der Waals surface area contributed by atoms with E-state index in [1.54, 1.807) is 16.0 Å². The average molecular weight is 222 g/mol. The van der Waals surface area contributed by atoms with Gasteiger partial charge in [0, 0.05) is 30.2 Å². The van der Waals surface area contributed by atoms with Gasteiger partial charge in [0.05, 0.1) is 11.9 Å². The van der Waals surface area contributed by atoms with Crippen molar-refractivity contribution in [2.24, 2.45) is 7.05 Å². The zero-order chi connectivity index (χ0) is 10.8. The maximum atomic E-state index is 4.57.